The number of carbonyl (C=O) groups excluding carboxylic acids is 2. The van der Waals surface area contributed by atoms with Crippen molar-refractivity contribution in [1.29, 1.82) is 0 Å². The van der Waals surface area contributed by atoms with Crippen molar-refractivity contribution in [2.75, 3.05) is 40.9 Å². The van der Waals surface area contributed by atoms with Crippen molar-refractivity contribution >= 4 is 19.7 Å². The molecule has 0 rings (SSSR count). The number of likely N-dealkylation sites (N-methyl/N-ethyl adjacent to an activating group) is 1. The molecule has 0 radical (unpaired) electrons. The van der Waals surface area contributed by atoms with Gasteiger partial charge in [-0.2, -0.15) is 0 Å². The second kappa shape index (κ2) is 53.8. The van der Waals surface area contributed by atoms with Gasteiger partial charge < -0.3 is 19.4 Å². The summed E-state index contributed by atoms with van der Waals surface area (Å²) in [6.07, 6.45) is 69.2. The molecule has 1 amide bonds. The van der Waals surface area contributed by atoms with Crippen molar-refractivity contribution in [2.45, 2.75) is 283 Å². The maximum atomic E-state index is 13.5. The molecule has 430 valence electrons. The van der Waals surface area contributed by atoms with E-state index in [2.05, 4.69) is 80.8 Å². The number of hydrogen-bond acceptors (Lipinski definition) is 6. The number of phosphoric acid groups is 1. The Morgan fingerprint density at radius 3 is 1.28 bits per heavy atom. The number of rotatable bonds is 55. The molecule has 0 bridgehead atoms. The number of hydrogen-bond donors (Lipinski definition) is 2. The van der Waals surface area contributed by atoms with E-state index in [9.17, 15) is 19.0 Å². The maximum Gasteiger partial charge on any atom is 0.472 e. The molecule has 0 aliphatic heterocycles. The fourth-order valence-corrected chi connectivity index (χ4v) is 9.32. The number of nitrogens with one attached hydrogen (secondary N) is 1. The zero-order valence-electron chi connectivity index (χ0n) is 49.1. The fourth-order valence-electron chi connectivity index (χ4n) is 8.58. The first-order valence-electron chi connectivity index (χ1n) is 30.8. The molecule has 0 aromatic heterocycles. The van der Waals surface area contributed by atoms with E-state index in [1.807, 2.05) is 39.4 Å². The second-order valence-electron chi connectivity index (χ2n) is 21.9. The minimum atomic E-state index is -4.46. The first kappa shape index (κ1) is 71.5. The lowest BCUT2D eigenvalue weighted by Crippen LogP contribution is -2.47. The van der Waals surface area contributed by atoms with Gasteiger partial charge in [-0.1, -0.05) is 242 Å². The van der Waals surface area contributed by atoms with Gasteiger partial charge in [-0.3, -0.25) is 18.6 Å². The third-order valence-corrected chi connectivity index (χ3v) is 14.4. The van der Waals surface area contributed by atoms with E-state index in [4.69, 9.17) is 13.8 Å². The van der Waals surface area contributed by atoms with Crippen LogP contribution in [0.2, 0.25) is 0 Å². The van der Waals surface area contributed by atoms with Gasteiger partial charge in [0.25, 0.3) is 0 Å². The van der Waals surface area contributed by atoms with Gasteiger partial charge in [-0.25, -0.2) is 4.57 Å². The quantitative estimate of drug-likeness (QED) is 0.0205. The summed E-state index contributed by atoms with van der Waals surface area (Å²) in [5.41, 5.74) is 0. The molecule has 0 aromatic carbocycles. The molecule has 10 heteroatoms. The zero-order chi connectivity index (χ0) is 54.3. The third kappa shape index (κ3) is 54.2. The van der Waals surface area contributed by atoms with Crippen molar-refractivity contribution in [3.8, 4) is 0 Å². The van der Waals surface area contributed by atoms with Crippen LogP contribution < -0.4 is 5.32 Å². The van der Waals surface area contributed by atoms with Gasteiger partial charge in [0.05, 0.1) is 33.8 Å². The molecule has 9 nitrogen and oxygen atoms in total. The van der Waals surface area contributed by atoms with Gasteiger partial charge >= 0.3 is 13.8 Å². The summed E-state index contributed by atoms with van der Waals surface area (Å²) in [4.78, 5) is 37.6. The molecule has 3 atom stereocenters. The summed E-state index contributed by atoms with van der Waals surface area (Å²) in [6.45, 7) is 6.93. The monoisotopic (exact) mass is 1060 g/mol. The number of carbonyl (C=O) groups is 2. The Morgan fingerprint density at radius 1 is 0.473 bits per heavy atom. The summed E-state index contributed by atoms with van der Waals surface area (Å²) < 4.78 is 30.6. The normalized spacial score (nSPS) is 14.2. The van der Waals surface area contributed by atoms with Gasteiger partial charge in [0.1, 0.15) is 19.3 Å². The summed E-state index contributed by atoms with van der Waals surface area (Å²) in [6, 6.07) is -0.881. The Labute approximate surface area is 457 Å². The second-order valence-corrected chi connectivity index (χ2v) is 23.3. The molecular formula is C64H118N2O7P+. The lowest BCUT2D eigenvalue weighted by molar-refractivity contribution is -0.870. The van der Waals surface area contributed by atoms with Crippen LogP contribution in [0.1, 0.15) is 271 Å². The molecule has 3 unspecified atom stereocenters. The number of quaternary nitrogens is 1. The van der Waals surface area contributed by atoms with E-state index >= 15 is 0 Å². The summed E-state index contributed by atoms with van der Waals surface area (Å²) in [5.74, 6) is -0.586. The summed E-state index contributed by atoms with van der Waals surface area (Å²) in [7, 11) is 1.46. The summed E-state index contributed by atoms with van der Waals surface area (Å²) >= 11 is 0. The SMILES string of the molecule is CCCCC/C=C\C/C=C\C/C=C\CCCCCCCCCCCCC(=O)OC(/C=C\CCCCCCCCCCCC)C(COP(=O)(O)OCC[N+](C)(C)C)NC(=O)CC/C=C/C/C=C\CCCCCCCC. The highest BCUT2D eigenvalue weighted by atomic mass is 31.2. The molecule has 0 aliphatic rings. The van der Waals surface area contributed by atoms with Crippen LogP contribution in [0.4, 0.5) is 0 Å². The predicted molar refractivity (Wildman–Crippen MR) is 318 cm³/mol. The standard InChI is InChI=1S/C64H117N2O7P/c1-7-10-13-16-19-22-25-28-29-30-31-32-33-34-35-36-37-39-42-45-48-51-54-57-64(68)73-62(55-52-49-46-43-40-27-24-21-18-15-12-9-3)61(60-72-74(69,70)71-59-58-66(4,5)6)65-63(67)56-53-50-47-44-41-38-26-23-20-17-14-11-8-2/h19,22,28-29,31-32,38,41,47,50,52,55,61-62H,7-18,20-21,23-27,30,33-37,39-40,42-46,48-49,51,53-54,56-60H2,1-6H3,(H-,65,67,69,70)/p+1/b22-19-,29-28-,32-31-,41-38-,50-47+,55-52-. The lowest BCUT2D eigenvalue weighted by Gasteiger charge is -2.27. The van der Waals surface area contributed by atoms with E-state index < -0.39 is 20.0 Å². The smallest absolute Gasteiger partial charge is 0.456 e. The van der Waals surface area contributed by atoms with Crippen molar-refractivity contribution in [2.24, 2.45) is 0 Å². The molecule has 0 spiro atoms. The minimum absolute atomic E-state index is 0.0286. The van der Waals surface area contributed by atoms with Gasteiger partial charge in [0, 0.05) is 12.8 Å². The van der Waals surface area contributed by atoms with E-state index in [0.717, 1.165) is 64.2 Å². The molecule has 0 saturated carbocycles. The Morgan fingerprint density at radius 2 is 0.838 bits per heavy atom. The van der Waals surface area contributed by atoms with Crippen molar-refractivity contribution < 1.29 is 37.3 Å². The Bertz CT molecular complexity index is 1500. The lowest BCUT2D eigenvalue weighted by atomic mass is 10.0. The number of nitrogens with zero attached hydrogens (tertiary/aromatic N) is 1. The molecule has 2 N–H and O–H groups in total. The van der Waals surface area contributed by atoms with Crippen molar-refractivity contribution in [1.82, 2.24) is 5.32 Å². The van der Waals surface area contributed by atoms with Crippen LogP contribution in [0, 0.1) is 0 Å². The molecule has 74 heavy (non-hydrogen) atoms. The van der Waals surface area contributed by atoms with Gasteiger partial charge in [-0.05, 0) is 89.5 Å². The Balaban J connectivity index is 5.24. The number of allylic oxidation sites excluding steroid dienone is 11. The first-order chi connectivity index (χ1) is 35.9. The van der Waals surface area contributed by atoms with Crippen LogP contribution in [-0.4, -0.2) is 74.3 Å². The van der Waals surface area contributed by atoms with Crippen molar-refractivity contribution in [3.05, 3.63) is 72.9 Å². The average molecular weight is 1060 g/mol. The number of esters is 1. The number of ether oxygens (including phenoxy) is 1. The van der Waals surface area contributed by atoms with Crippen LogP contribution in [0.3, 0.4) is 0 Å². The van der Waals surface area contributed by atoms with Gasteiger partial charge in [0.2, 0.25) is 5.91 Å². The number of unbranched alkanes of at least 4 members (excludes halogenated alkanes) is 29. The average Bonchev–Trinajstić information content (AvgIpc) is 3.36. The van der Waals surface area contributed by atoms with Crippen LogP contribution in [-0.2, 0) is 27.9 Å². The minimum Gasteiger partial charge on any atom is -0.456 e. The van der Waals surface area contributed by atoms with Crippen LogP contribution >= 0.6 is 7.82 Å². The highest BCUT2D eigenvalue weighted by Crippen LogP contribution is 2.43. The van der Waals surface area contributed by atoms with Gasteiger partial charge in [0.15, 0.2) is 0 Å². The maximum absolute atomic E-state index is 13.5. The molecule has 0 saturated heterocycles. The number of phosphoric ester groups is 1. The van der Waals surface area contributed by atoms with E-state index in [1.54, 1.807) is 0 Å². The first-order valence-corrected chi connectivity index (χ1v) is 32.3. The highest BCUT2D eigenvalue weighted by molar-refractivity contribution is 7.47. The zero-order valence-corrected chi connectivity index (χ0v) is 50.0. The Hall–Kier alpha value is -2.55. The molecule has 0 aromatic rings. The van der Waals surface area contributed by atoms with Crippen LogP contribution in [0.25, 0.3) is 0 Å². The molecular weight excluding hydrogens is 940 g/mol. The van der Waals surface area contributed by atoms with E-state index in [0.29, 0.717) is 17.4 Å². The Kier molecular flexibility index (Phi) is 52.0. The molecule has 0 fully saturated rings. The molecule has 0 heterocycles. The van der Waals surface area contributed by atoms with E-state index in [1.165, 1.54) is 167 Å². The van der Waals surface area contributed by atoms with Crippen LogP contribution in [0.15, 0.2) is 72.9 Å². The van der Waals surface area contributed by atoms with E-state index in [-0.39, 0.29) is 37.9 Å². The highest BCUT2D eigenvalue weighted by Gasteiger charge is 2.30. The third-order valence-electron chi connectivity index (χ3n) is 13.4. The number of amides is 1. The van der Waals surface area contributed by atoms with Crippen LogP contribution in [0.5, 0.6) is 0 Å². The van der Waals surface area contributed by atoms with Gasteiger partial charge in [-0.15, -0.1) is 0 Å². The fraction of sp³-hybridized carbons (Fsp3) is 0.781. The van der Waals surface area contributed by atoms with Crippen molar-refractivity contribution in [3.63, 3.8) is 0 Å². The summed E-state index contributed by atoms with van der Waals surface area (Å²) in [5, 5.41) is 3.01. The largest absolute Gasteiger partial charge is 0.472 e. The predicted octanol–water partition coefficient (Wildman–Crippen LogP) is 18.8. The topological polar surface area (TPSA) is 111 Å². The molecule has 0 aliphatic carbocycles.